The van der Waals surface area contributed by atoms with Gasteiger partial charge in [0, 0.05) is 6.42 Å². The van der Waals surface area contributed by atoms with E-state index in [0.717, 1.165) is 48.9 Å². The molecule has 3 saturated carbocycles. The lowest BCUT2D eigenvalue weighted by Gasteiger charge is -2.59. The van der Waals surface area contributed by atoms with Crippen molar-refractivity contribution >= 4 is 30.6 Å². The molecule has 0 heterocycles. The van der Waals surface area contributed by atoms with Gasteiger partial charge in [-0.3, -0.25) is 4.79 Å². The van der Waals surface area contributed by atoms with E-state index in [9.17, 15) is 9.90 Å². The largest absolute Gasteiger partial charge is 0.382 e. The zero-order valence-electron chi connectivity index (χ0n) is 24.8. The first kappa shape index (κ1) is 34.1. The number of fused-ring (bicyclic) bond motifs is 5. The van der Waals surface area contributed by atoms with Crippen LogP contribution in [0.25, 0.3) is 0 Å². The Balaban J connectivity index is 0.00000253. The van der Waals surface area contributed by atoms with Crippen LogP contribution >= 0.6 is 24.8 Å². The molecule has 38 heavy (non-hydrogen) atoms. The Morgan fingerprint density at radius 3 is 2.37 bits per heavy atom. The molecule has 3 fully saturated rings. The molecule has 0 spiro atoms. The summed E-state index contributed by atoms with van der Waals surface area (Å²) >= 11 is 0. The number of allylic oxidation sites excluding steroid dienone is 1. The van der Waals surface area contributed by atoms with Gasteiger partial charge in [0.25, 0.3) is 0 Å². The Morgan fingerprint density at radius 1 is 1.00 bits per heavy atom. The fourth-order valence-electron chi connectivity index (χ4n) is 9.70. The van der Waals surface area contributed by atoms with Crippen LogP contribution in [0, 0.1) is 46.3 Å². The lowest BCUT2D eigenvalue weighted by molar-refractivity contribution is -0.144. The molecule has 0 aromatic rings. The van der Waals surface area contributed by atoms with Crippen LogP contribution in [0.15, 0.2) is 11.6 Å². The second-order valence-electron chi connectivity index (χ2n) is 14.4. The first-order chi connectivity index (χ1) is 17.0. The van der Waals surface area contributed by atoms with Crippen LogP contribution in [0.5, 0.6) is 0 Å². The van der Waals surface area contributed by atoms with Crippen molar-refractivity contribution in [2.75, 3.05) is 6.54 Å². The van der Waals surface area contributed by atoms with Gasteiger partial charge >= 0.3 is 0 Å². The lowest BCUT2D eigenvalue weighted by Crippen LogP contribution is -2.56. The van der Waals surface area contributed by atoms with Crippen LogP contribution in [0.2, 0.25) is 0 Å². The second-order valence-corrected chi connectivity index (χ2v) is 14.4. The average molecular weight is 574 g/mol. The standard InChI is InChI=1S/C32H56N2O2.2ClH/c1-21(2)8-6-9-22(3)25-13-14-26-24-12-11-23-20-32(36,29(35)28(34)10-7-19-33)18-17-30(23,4)27(24)15-16-31(25,26)5;;/h11,21-22,24-28,36H,6-10,12-20,33-34H2,1-5H3;2*1H/t22-,24+,25-,26+,27+,28+,30+,31-,32-;;/m1../s1. The molecule has 4 rings (SSSR count). The molecule has 5 N–H and O–H groups in total. The first-order valence-corrected chi connectivity index (χ1v) is 15.4. The summed E-state index contributed by atoms with van der Waals surface area (Å²) in [5.41, 5.74) is 12.5. The highest BCUT2D eigenvalue weighted by Crippen LogP contribution is 2.67. The SMILES string of the molecule is CC(C)CCC[C@@H](C)[C@H]1CC[C@H]2[C@@H]3CC=C4C[C@@](O)(C(=O)[C@@H](N)CCCN)CC[C@]4(C)[C@H]3CC[C@]12C.Cl.Cl. The monoisotopic (exact) mass is 572 g/mol. The van der Waals surface area contributed by atoms with Crippen molar-refractivity contribution in [3.63, 3.8) is 0 Å². The highest BCUT2D eigenvalue weighted by Gasteiger charge is 2.60. The third-order valence-electron chi connectivity index (χ3n) is 11.9. The van der Waals surface area contributed by atoms with E-state index in [4.69, 9.17) is 11.5 Å². The predicted octanol–water partition coefficient (Wildman–Crippen LogP) is 7.24. The van der Waals surface area contributed by atoms with Gasteiger partial charge in [0.05, 0.1) is 6.04 Å². The maximum atomic E-state index is 13.1. The zero-order chi connectivity index (χ0) is 26.3. The number of halogens is 2. The molecule has 0 aliphatic heterocycles. The minimum Gasteiger partial charge on any atom is -0.382 e. The van der Waals surface area contributed by atoms with E-state index < -0.39 is 11.6 Å². The van der Waals surface area contributed by atoms with Gasteiger partial charge in [0.1, 0.15) is 5.60 Å². The number of ketones is 1. The van der Waals surface area contributed by atoms with E-state index >= 15 is 0 Å². The number of carbonyl (C=O) groups is 1. The van der Waals surface area contributed by atoms with Crippen molar-refractivity contribution in [1.82, 2.24) is 0 Å². The fraction of sp³-hybridized carbons (Fsp3) is 0.906. The second kappa shape index (κ2) is 13.2. The van der Waals surface area contributed by atoms with Crippen molar-refractivity contribution in [3.8, 4) is 0 Å². The average Bonchev–Trinajstić information content (AvgIpc) is 3.19. The summed E-state index contributed by atoms with van der Waals surface area (Å²) in [5, 5.41) is 11.4. The molecule has 0 bridgehead atoms. The van der Waals surface area contributed by atoms with E-state index in [-0.39, 0.29) is 36.0 Å². The molecule has 9 atom stereocenters. The molecule has 6 heteroatoms. The van der Waals surface area contributed by atoms with Crippen molar-refractivity contribution in [3.05, 3.63) is 11.6 Å². The molecule has 0 aromatic carbocycles. The van der Waals surface area contributed by atoms with Gasteiger partial charge in [-0.2, -0.15) is 0 Å². The minimum absolute atomic E-state index is 0. The Bertz CT molecular complexity index is 834. The van der Waals surface area contributed by atoms with Crippen LogP contribution < -0.4 is 11.5 Å². The van der Waals surface area contributed by atoms with Crippen molar-refractivity contribution in [1.29, 1.82) is 0 Å². The Hall–Kier alpha value is -0.130. The number of hydrogen-bond acceptors (Lipinski definition) is 4. The van der Waals surface area contributed by atoms with Gasteiger partial charge in [0.15, 0.2) is 5.78 Å². The summed E-state index contributed by atoms with van der Waals surface area (Å²) in [7, 11) is 0. The van der Waals surface area contributed by atoms with Crippen LogP contribution in [0.1, 0.15) is 118 Å². The molecule has 0 unspecified atom stereocenters. The number of hydrogen-bond donors (Lipinski definition) is 3. The number of nitrogens with two attached hydrogens (primary N) is 2. The summed E-state index contributed by atoms with van der Waals surface area (Å²) in [6.07, 6.45) is 16.4. The van der Waals surface area contributed by atoms with Gasteiger partial charge in [0.2, 0.25) is 0 Å². The number of Topliss-reactive ketones (excluding diaryl/α,β-unsaturated/α-hetero) is 1. The summed E-state index contributed by atoms with van der Waals surface area (Å²) in [6.45, 7) is 12.9. The zero-order valence-corrected chi connectivity index (χ0v) is 26.5. The van der Waals surface area contributed by atoms with E-state index in [1.54, 1.807) is 0 Å². The molecular formula is C32H58Cl2N2O2. The van der Waals surface area contributed by atoms with Crippen molar-refractivity contribution in [2.24, 2.45) is 57.8 Å². The smallest absolute Gasteiger partial charge is 0.181 e. The predicted molar refractivity (Wildman–Crippen MR) is 164 cm³/mol. The van der Waals surface area contributed by atoms with Crippen LogP contribution in [0.3, 0.4) is 0 Å². The third kappa shape index (κ3) is 6.20. The molecule has 4 aliphatic carbocycles. The summed E-state index contributed by atoms with van der Waals surface area (Å²) in [4.78, 5) is 13.1. The first-order valence-electron chi connectivity index (χ1n) is 15.4. The minimum atomic E-state index is -1.29. The molecule has 4 nitrogen and oxygen atoms in total. The van der Waals surface area contributed by atoms with E-state index in [2.05, 4.69) is 40.7 Å². The van der Waals surface area contributed by atoms with Gasteiger partial charge in [-0.15, -0.1) is 24.8 Å². The lowest BCUT2D eigenvalue weighted by atomic mass is 9.46. The quantitative estimate of drug-likeness (QED) is 0.240. The highest BCUT2D eigenvalue weighted by molar-refractivity contribution is 5.92. The molecule has 0 saturated heterocycles. The molecule has 4 aliphatic rings. The number of aliphatic hydroxyl groups is 1. The molecule has 0 radical (unpaired) electrons. The highest BCUT2D eigenvalue weighted by atomic mass is 35.5. The Kier molecular flexibility index (Phi) is 11.9. The molecule has 0 amide bonds. The normalized spacial score (nSPS) is 39.6. The molecule has 0 aromatic heterocycles. The van der Waals surface area contributed by atoms with Crippen molar-refractivity contribution in [2.45, 2.75) is 130 Å². The Labute approximate surface area is 245 Å². The fourth-order valence-corrected chi connectivity index (χ4v) is 9.70. The van der Waals surface area contributed by atoms with Gasteiger partial charge in [-0.05, 0) is 111 Å². The maximum Gasteiger partial charge on any atom is 0.181 e. The van der Waals surface area contributed by atoms with E-state index in [0.29, 0.717) is 37.1 Å². The number of carbonyl (C=O) groups excluding carboxylic acids is 1. The summed E-state index contributed by atoms with van der Waals surface area (Å²) in [6, 6.07) is -0.604. The summed E-state index contributed by atoms with van der Waals surface area (Å²) in [5.74, 6) is 4.64. The molecular weight excluding hydrogens is 515 g/mol. The maximum absolute atomic E-state index is 13.1. The topological polar surface area (TPSA) is 89.3 Å². The van der Waals surface area contributed by atoms with Crippen LogP contribution in [0.4, 0.5) is 0 Å². The van der Waals surface area contributed by atoms with Gasteiger partial charge in [-0.25, -0.2) is 0 Å². The Morgan fingerprint density at radius 2 is 1.71 bits per heavy atom. The van der Waals surface area contributed by atoms with Crippen LogP contribution in [-0.4, -0.2) is 29.1 Å². The molecule has 222 valence electrons. The summed E-state index contributed by atoms with van der Waals surface area (Å²) < 4.78 is 0. The van der Waals surface area contributed by atoms with E-state index in [1.165, 1.54) is 50.5 Å². The van der Waals surface area contributed by atoms with Crippen molar-refractivity contribution < 1.29 is 9.90 Å². The van der Waals surface area contributed by atoms with Gasteiger partial charge in [-0.1, -0.05) is 65.5 Å². The van der Waals surface area contributed by atoms with E-state index in [1.807, 2.05) is 0 Å². The number of rotatable bonds is 10. The van der Waals surface area contributed by atoms with Crippen LogP contribution in [-0.2, 0) is 4.79 Å². The van der Waals surface area contributed by atoms with Gasteiger partial charge < -0.3 is 16.6 Å². The third-order valence-corrected chi connectivity index (χ3v) is 11.9.